The highest BCUT2D eigenvalue weighted by Crippen LogP contribution is 2.49. The summed E-state index contributed by atoms with van der Waals surface area (Å²) >= 11 is 0. The van der Waals surface area contributed by atoms with Crippen molar-refractivity contribution in [2.75, 3.05) is 10.2 Å². The lowest BCUT2D eigenvalue weighted by molar-refractivity contribution is -0.137. The maximum atomic E-state index is 13.1. The predicted octanol–water partition coefficient (Wildman–Crippen LogP) is 5.25. The summed E-state index contributed by atoms with van der Waals surface area (Å²) in [5.74, 6) is 1.04. The average Bonchev–Trinajstić information content (AvgIpc) is 3.34. The lowest BCUT2D eigenvalue weighted by atomic mass is 9.98. The molecular formula is C22H18F3N5O. The van der Waals surface area contributed by atoms with Crippen LogP contribution < -0.4 is 10.2 Å². The van der Waals surface area contributed by atoms with E-state index in [1.165, 1.54) is 18.6 Å². The largest absolute Gasteiger partial charge is 0.416 e. The van der Waals surface area contributed by atoms with Crippen LogP contribution in [-0.2, 0) is 6.18 Å². The maximum Gasteiger partial charge on any atom is 0.416 e. The second-order valence-corrected chi connectivity index (χ2v) is 7.69. The van der Waals surface area contributed by atoms with Crippen LogP contribution in [0.5, 0.6) is 0 Å². The van der Waals surface area contributed by atoms with E-state index in [1.807, 2.05) is 6.07 Å². The lowest BCUT2D eigenvalue weighted by Crippen LogP contribution is -2.40. The molecule has 0 bridgehead atoms. The molecule has 1 aromatic carbocycles. The predicted molar refractivity (Wildman–Crippen MR) is 109 cm³/mol. The number of nitrogens with one attached hydrogen (secondary N) is 1. The number of carbonyl (C=O) groups is 1. The smallest absolute Gasteiger partial charge is 0.292 e. The molecule has 0 radical (unpaired) electrons. The fraction of sp³-hybridized carbons (Fsp3) is 0.273. The number of nitrogens with zero attached hydrogens (tertiary/aromatic N) is 4. The van der Waals surface area contributed by atoms with Crippen molar-refractivity contribution < 1.29 is 18.0 Å². The summed E-state index contributed by atoms with van der Waals surface area (Å²) in [5, 5.41) is 2.77. The van der Waals surface area contributed by atoms with Gasteiger partial charge >= 0.3 is 12.2 Å². The monoisotopic (exact) mass is 425 g/mol. The first-order valence-electron chi connectivity index (χ1n) is 9.96. The first-order chi connectivity index (χ1) is 14.9. The van der Waals surface area contributed by atoms with Crippen molar-refractivity contribution in [2.45, 2.75) is 37.4 Å². The molecule has 3 aromatic rings. The quantitative estimate of drug-likeness (QED) is 0.609. The van der Waals surface area contributed by atoms with Crippen molar-refractivity contribution in [3.05, 3.63) is 66.1 Å². The van der Waals surface area contributed by atoms with Crippen LogP contribution in [0.3, 0.4) is 0 Å². The van der Waals surface area contributed by atoms with Gasteiger partial charge in [0.05, 0.1) is 11.3 Å². The van der Waals surface area contributed by atoms with Crippen LogP contribution in [0.2, 0.25) is 0 Å². The zero-order valence-corrected chi connectivity index (χ0v) is 16.3. The molecule has 9 heteroatoms. The molecule has 0 saturated heterocycles. The van der Waals surface area contributed by atoms with Crippen LogP contribution >= 0.6 is 0 Å². The molecular weight excluding hydrogens is 407 g/mol. The molecule has 2 unspecified atom stereocenters. The molecule has 0 spiro atoms. The van der Waals surface area contributed by atoms with E-state index in [0.29, 0.717) is 22.9 Å². The minimum atomic E-state index is -4.44. The minimum absolute atomic E-state index is 0.0268. The highest BCUT2D eigenvalue weighted by Gasteiger charge is 2.45. The van der Waals surface area contributed by atoms with Gasteiger partial charge in [-0.05, 0) is 37.1 Å². The molecule has 1 aliphatic heterocycles. The van der Waals surface area contributed by atoms with Crippen molar-refractivity contribution in [1.82, 2.24) is 15.0 Å². The Morgan fingerprint density at radius 3 is 2.77 bits per heavy atom. The van der Waals surface area contributed by atoms with Gasteiger partial charge < -0.3 is 0 Å². The number of amides is 2. The normalized spacial score (nSPS) is 19.8. The number of urea groups is 1. The Morgan fingerprint density at radius 1 is 1.13 bits per heavy atom. The molecule has 1 N–H and O–H groups in total. The number of benzene rings is 1. The molecule has 6 nitrogen and oxygen atoms in total. The summed E-state index contributed by atoms with van der Waals surface area (Å²) in [6, 6.07) is 9.89. The highest BCUT2D eigenvalue weighted by atomic mass is 19.4. The van der Waals surface area contributed by atoms with E-state index >= 15 is 0 Å². The van der Waals surface area contributed by atoms with Crippen LogP contribution in [0.25, 0.3) is 11.3 Å². The fourth-order valence-corrected chi connectivity index (χ4v) is 4.51. The molecule has 158 valence electrons. The van der Waals surface area contributed by atoms with Gasteiger partial charge in [0, 0.05) is 29.3 Å². The van der Waals surface area contributed by atoms with E-state index in [0.717, 1.165) is 37.0 Å². The maximum absolute atomic E-state index is 13.1. The second kappa shape index (κ2) is 7.33. The standard InChI is InChI=1S/C22H18F3N5O/c23-22(24,25)14-4-1-3-13(11-14)17-8-7-16-15-5-2-6-18(15)30(20(16)28-17)21(31)29-19-9-10-26-12-27-19/h1,3-4,7-12,15,18H,2,5-6H2,(H,26,27,29,31). The highest BCUT2D eigenvalue weighted by molar-refractivity contribution is 6.03. The van der Waals surface area contributed by atoms with E-state index in [1.54, 1.807) is 23.1 Å². The third kappa shape index (κ3) is 3.49. The van der Waals surface area contributed by atoms with Gasteiger partial charge in [0.2, 0.25) is 0 Å². The van der Waals surface area contributed by atoms with Gasteiger partial charge in [0.1, 0.15) is 18.0 Å². The Balaban J connectivity index is 1.53. The number of pyridine rings is 1. The average molecular weight is 425 g/mol. The number of rotatable bonds is 2. The van der Waals surface area contributed by atoms with E-state index in [-0.39, 0.29) is 18.0 Å². The van der Waals surface area contributed by atoms with Gasteiger partial charge in [-0.3, -0.25) is 10.2 Å². The first-order valence-corrected chi connectivity index (χ1v) is 9.96. The van der Waals surface area contributed by atoms with Crippen LogP contribution in [0.15, 0.2) is 55.0 Å². The molecule has 31 heavy (non-hydrogen) atoms. The van der Waals surface area contributed by atoms with Crippen LogP contribution in [0.1, 0.15) is 36.3 Å². The fourth-order valence-electron chi connectivity index (χ4n) is 4.51. The van der Waals surface area contributed by atoms with Gasteiger partial charge in [-0.15, -0.1) is 0 Å². The van der Waals surface area contributed by atoms with Crippen molar-refractivity contribution in [2.24, 2.45) is 0 Å². The molecule has 1 aliphatic carbocycles. The Labute approximate surface area is 176 Å². The molecule has 1 fully saturated rings. The Bertz CT molecular complexity index is 1140. The molecule has 2 aliphatic rings. The lowest BCUT2D eigenvalue weighted by Gasteiger charge is -2.24. The first kappa shape index (κ1) is 19.5. The summed E-state index contributed by atoms with van der Waals surface area (Å²) in [4.78, 5) is 27.3. The van der Waals surface area contributed by atoms with E-state index in [4.69, 9.17) is 0 Å². The zero-order valence-electron chi connectivity index (χ0n) is 16.3. The summed E-state index contributed by atoms with van der Waals surface area (Å²) in [6.07, 6.45) is 1.23. The summed E-state index contributed by atoms with van der Waals surface area (Å²) in [6.45, 7) is 0. The number of hydrogen-bond acceptors (Lipinski definition) is 4. The van der Waals surface area contributed by atoms with Gasteiger partial charge in [0.15, 0.2) is 0 Å². The van der Waals surface area contributed by atoms with Crippen molar-refractivity contribution >= 4 is 17.7 Å². The van der Waals surface area contributed by atoms with Gasteiger partial charge in [0.25, 0.3) is 0 Å². The molecule has 2 aromatic heterocycles. The molecule has 1 saturated carbocycles. The van der Waals surface area contributed by atoms with Crippen LogP contribution in [0, 0.1) is 0 Å². The zero-order chi connectivity index (χ0) is 21.6. The third-order valence-electron chi connectivity index (χ3n) is 5.87. The van der Waals surface area contributed by atoms with Crippen molar-refractivity contribution in [3.8, 4) is 11.3 Å². The molecule has 2 amide bonds. The van der Waals surface area contributed by atoms with Gasteiger partial charge in [-0.25, -0.2) is 19.7 Å². The summed E-state index contributed by atoms with van der Waals surface area (Å²) < 4.78 is 39.4. The summed E-state index contributed by atoms with van der Waals surface area (Å²) in [7, 11) is 0. The van der Waals surface area contributed by atoms with Gasteiger partial charge in [-0.2, -0.15) is 13.2 Å². The van der Waals surface area contributed by atoms with Crippen molar-refractivity contribution in [3.63, 3.8) is 0 Å². The van der Waals surface area contributed by atoms with Gasteiger partial charge in [-0.1, -0.05) is 24.6 Å². The number of alkyl halides is 3. The number of aromatic nitrogens is 3. The van der Waals surface area contributed by atoms with Crippen LogP contribution in [0.4, 0.5) is 29.6 Å². The number of hydrogen-bond donors (Lipinski definition) is 1. The topological polar surface area (TPSA) is 71.0 Å². The summed E-state index contributed by atoms with van der Waals surface area (Å²) in [5.41, 5.74) is 0.967. The van der Waals surface area contributed by atoms with Crippen molar-refractivity contribution in [1.29, 1.82) is 0 Å². The number of anilines is 2. The third-order valence-corrected chi connectivity index (χ3v) is 5.87. The molecule has 2 atom stereocenters. The Morgan fingerprint density at radius 2 is 2.00 bits per heavy atom. The van der Waals surface area contributed by atoms with E-state index < -0.39 is 11.7 Å². The number of fused-ring (bicyclic) bond motifs is 3. The molecule has 3 heterocycles. The van der Waals surface area contributed by atoms with E-state index in [9.17, 15) is 18.0 Å². The number of carbonyl (C=O) groups excluding carboxylic acids is 1. The second-order valence-electron chi connectivity index (χ2n) is 7.69. The number of halogens is 3. The SMILES string of the molecule is O=C(Nc1ccncn1)N1c2nc(-c3cccc(C(F)(F)F)c3)ccc2C2CCCC21. The molecule has 5 rings (SSSR count). The Hall–Kier alpha value is -3.49. The minimum Gasteiger partial charge on any atom is -0.292 e. The Kier molecular flexibility index (Phi) is 4.60. The van der Waals surface area contributed by atoms with Crippen LogP contribution in [-0.4, -0.2) is 27.0 Å². The van der Waals surface area contributed by atoms with E-state index in [2.05, 4.69) is 20.3 Å².